The van der Waals surface area contributed by atoms with E-state index in [-0.39, 0.29) is 6.10 Å². The Bertz CT molecular complexity index is 270. The zero-order valence-electron chi connectivity index (χ0n) is 9.07. The predicted octanol–water partition coefficient (Wildman–Crippen LogP) is 0.669. The number of nitrogens with zero attached hydrogens (tertiary/aromatic N) is 2. The third kappa shape index (κ3) is 3.89. The first kappa shape index (κ1) is 11.2. The van der Waals surface area contributed by atoms with Crippen molar-refractivity contribution in [1.82, 2.24) is 15.1 Å². The van der Waals surface area contributed by atoms with Crippen LogP contribution in [0.25, 0.3) is 0 Å². The Hall–Kier alpha value is -0.870. The smallest absolute Gasteiger partial charge is 0.0762 e. The van der Waals surface area contributed by atoms with Gasteiger partial charge < -0.3 is 10.4 Å². The SMILES string of the molecule is CC(O)CC(C)NCc1ccn(C)n1. The molecule has 1 aromatic heterocycles. The lowest BCUT2D eigenvalue weighted by Crippen LogP contribution is -2.28. The Morgan fingerprint density at radius 2 is 2.29 bits per heavy atom. The molecule has 1 aromatic rings. The lowest BCUT2D eigenvalue weighted by atomic mass is 10.1. The van der Waals surface area contributed by atoms with Gasteiger partial charge in [-0.15, -0.1) is 0 Å². The van der Waals surface area contributed by atoms with Crippen LogP contribution in [0.5, 0.6) is 0 Å². The molecule has 0 aliphatic carbocycles. The zero-order valence-corrected chi connectivity index (χ0v) is 9.07. The second kappa shape index (κ2) is 5.12. The number of aliphatic hydroxyl groups is 1. The van der Waals surface area contributed by atoms with Crippen LogP contribution in [0.2, 0.25) is 0 Å². The highest BCUT2D eigenvalue weighted by Crippen LogP contribution is 1.99. The van der Waals surface area contributed by atoms with Gasteiger partial charge in [-0.1, -0.05) is 0 Å². The van der Waals surface area contributed by atoms with Crippen molar-refractivity contribution in [1.29, 1.82) is 0 Å². The summed E-state index contributed by atoms with van der Waals surface area (Å²) in [5.41, 5.74) is 1.03. The van der Waals surface area contributed by atoms with Gasteiger partial charge in [0, 0.05) is 25.8 Å². The molecular formula is C10H19N3O. The molecule has 0 radical (unpaired) electrons. The molecule has 0 aliphatic rings. The van der Waals surface area contributed by atoms with Gasteiger partial charge in [0.05, 0.1) is 11.8 Å². The average molecular weight is 197 g/mol. The van der Waals surface area contributed by atoms with Crippen molar-refractivity contribution in [3.8, 4) is 0 Å². The van der Waals surface area contributed by atoms with E-state index in [1.54, 1.807) is 11.6 Å². The number of rotatable bonds is 5. The molecule has 4 heteroatoms. The van der Waals surface area contributed by atoms with Gasteiger partial charge in [-0.3, -0.25) is 4.68 Å². The summed E-state index contributed by atoms with van der Waals surface area (Å²) in [7, 11) is 1.91. The van der Waals surface area contributed by atoms with E-state index in [1.807, 2.05) is 19.3 Å². The summed E-state index contributed by atoms with van der Waals surface area (Å²) in [6.07, 6.45) is 2.45. The summed E-state index contributed by atoms with van der Waals surface area (Å²) in [5, 5.41) is 16.7. The average Bonchev–Trinajstić information content (AvgIpc) is 2.47. The fourth-order valence-electron chi connectivity index (χ4n) is 1.43. The van der Waals surface area contributed by atoms with E-state index in [9.17, 15) is 0 Å². The number of aromatic nitrogens is 2. The minimum absolute atomic E-state index is 0.249. The molecule has 0 amide bonds. The van der Waals surface area contributed by atoms with Gasteiger partial charge >= 0.3 is 0 Å². The number of hydrogen-bond acceptors (Lipinski definition) is 3. The molecule has 0 aromatic carbocycles. The minimum atomic E-state index is -0.249. The van der Waals surface area contributed by atoms with Gasteiger partial charge in [0.25, 0.3) is 0 Å². The first-order chi connectivity index (χ1) is 6.58. The fraction of sp³-hybridized carbons (Fsp3) is 0.700. The molecule has 0 fully saturated rings. The maximum absolute atomic E-state index is 9.16. The van der Waals surface area contributed by atoms with E-state index in [0.29, 0.717) is 6.04 Å². The van der Waals surface area contributed by atoms with Gasteiger partial charge in [0.2, 0.25) is 0 Å². The first-order valence-electron chi connectivity index (χ1n) is 4.98. The van der Waals surface area contributed by atoms with Crippen LogP contribution in [0.4, 0.5) is 0 Å². The highest BCUT2D eigenvalue weighted by atomic mass is 16.3. The summed E-state index contributed by atoms with van der Waals surface area (Å²) in [5.74, 6) is 0. The minimum Gasteiger partial charge on any atom is -0.393 e. The van der Waals surface area contributed by atoms with Gasteiger partial charge in [0.15, 0.2) is 0 Å². The standard InChI is InChI=1S/C10H19N3O/c1-8(6-9(2)14)11-7-10-4-5-13(3)12-10/h4-5,8-9,11,14H,6-7H2,1-3H3. The molecule has 4 nitrogen and oxygen atoms in total. The molecule has 0 saturated carbocycles. The van der Waals surface area contributed by atoms with Gasteiger partial charge in [-0.2, -0.15) is 5.10 Å². The number of aliphatic hydroxyl groups excluding tert-OH is 1. The molecule has 0 bridgehead atoms. The summed E-state index contributed by atoms with van der Waals surface area (Å²) >= 11 is 0. The van der Waals surface area contributed by atoms with E-state index in [2.05, 4.69) is 17.3 Å². The van der Waals surface area contributed by atoms with E-state index in [1.165, 1.54) is 0 Å². The van der Waals surface area contributed by atoms with Crippen LogP contribution in [0.15, 0.2) is 12.3 Å². The molecule has 0 spiro atoms. The Morgan fingerprint density at radius 3 is 2.79 bits per heavy atom. The Labute approximate surface area is 84.9 Å². The Balaban J connectivity index is 2.26. The third-order valence-corrected chi connectivity index (χ3v) is 2.10. The molecular weight excluding hydrogens is 178 g/mol. The molecule has 80 valence electrons. The van der Waals surface area contributed by atoms with Crippen LogP contribution in [-0.4, -0.2) is 27.0 Å². The van der Waals surface area contributed by atoms with E-state index < -0.39 is 0 Å². The van der Waals surface area contributed by atoms with Crippen molar-refractivity contribution in [3.05, 3.63) is 18.0 Å². The van der Waals surface area contributed by atoms with Crippen LogP contribution in [0.1, 0.15) is 26.0 Å². The molecule has 1 heterocycles. The van der Waals surface area contributed by atoms with Crippen LogP contribution >= 0.6 is 0 Å². The maximum Gasteiger partial charge on any atom is 0.0762 e. The first-order valence-corrected chi connectivity index (χ1v) is 4.98. The van der Waals surface area contributed by atoms with Crippen molar-refractivity contribution in [3.63, 3.8) is 0 Å². The lowest BCUT2D eigenvalue weighted by molar-refractivity contribution is 0.170. The van der Waals surface area contributed by atoms with Crippen molar-refractivity contribution >= 4 is 0 Å². The number of nitrogens with one attached hydrogen (secondary N) is 1. The second-order valence-electron chi connectivity index (χ2n) is 3.85. The summed E-state index contributed by atoms with van der Waals surface area (Å²) in [6.45, 7) is 4.63. The second-order valence-corrected chi connectivity index (χ2v) is 3.85. The van der Waals surface area contributed by atoms with Crippen molar-refractivity contribution in [2.24, 2.45) is 7.05 Å². The van der Waals surface area contributed by atoms with Gasteiger partial charge in [-0.25, -0.2) is 0 Å². The van der Waals surface area contributed by atoms with Crippen molar-refractivity contribution in [2.75, 3.05) is 0 Å². The topological polar surface area (TPSA) is 50.1 Å². The Kier molecular flexibility index (Phi) is 4.10. The van der Waals surface area contributed by atoms with Crippen LogP contribution < -0.4 is 5.32 Å². The number of hydrogen-bond donors (Lipinski definition) is 2. The largest absolute Gasteiger partial charge is 0.393 e. The quantitative estimate of drug-likeness (QED) is 0.729. The van der Waals surface area contributed by atoms with E-state index in [0.717, 1.165) is 18.7 Å². The van der Waals surface area contributed by atoms with E-state index in [4.69, 9.17) is 5.11 Å². The van der Waals surface area contributed by atoms with Crippen molar-refractivity contribution < 1.29 is 5.11 Å². The molecule has 0 saturated heterocycles. The molecule has 14 heavy (non-hydrogen) atoms. The van der Waals surface area contributed by atoms with Crippen LogP contribution in [0, 0.1) is 0 Å². The van der Waals surface area contributed by atoms with Crippen molar-refractivity contribution in [2.45, 2.75) is 39.0 Å². The Morgan fingerprint density at radius 1 is 1.57 bits per heavy atom. The van der Waals surface area contributed by atoms with Gasteiger partial charge in [0.1, 0.15) is 0 Å². The van der Waals surface area contributed by atoms with Gasteiger partial charge in [-0.05, 0) is 26.3 Å². The molecule has 0 aliphatic heterocycles. The third-order valence-electron chi connectivity index (χ3n) is 2.10. The molecule has 2 atom stereocenters. The molecule has 1 rings (SSSR count). The molecule has 2 unspecified atom stereocenters. The maximum atomic E-state index is 9.16. The lowest BCUT2D eigenvalue weighted by Gasteiger charge is -2.14. The summed E-state index contributed by atoms with van der Waals surface area (Å²) in [6, 6.07) is 2.30. The monoisotopic (exact) mass is 197 g/mol. The molecule has 2 N–H and O–H groups in total. The number of aryl methyl sites for hydroxylation is 1. The summed E-state index contributed by atoms with van der Waals surface area (Å²) < 4.78 is 1.79. The highest BCUT2D eigenvalue weighted by Gasteiger charge is 2.05. The summed E-state index contributed by atoms with van der Waals surface area (Å²) in [4.78, 5) is 0. The normalized spacial score (nSPS) is 15.4. The van der Waals surface area contributed by atoms with Crippen LogP contribution in [0.3, 0.4) is 0 Å². The van der Waals surface area contributed by atoms with Crippen LogP contribution in [-0.2, 0) is 13.6 Å². The van der Waals surface area contributed by atoms with E-state index >= 15 is 0 Å². The highest BCUT2D eigenvalue weighted by molar-refractivity contribution is 4.98. The predicted molar refractivity (Wildman–Crippen MR) is 55.8 cm³/mol. The fourth-order valence-corrected chi connectivity index (χ4v) is 1.43. The zero-order chi connectivity index (χ0) is 10.6.